The lowest BCUT2D eigenvalue weighted by Crippen LogP contribution is -2.00. The molecule has 0 heterocycles. The fourth-order valence-electron chi connectivity index (χ4n) is 0.956. The quantitative estimate of drug-likeness (QED) is 0.509. The summed E-state index contributed by atoms with van der Waals surface area (Å²) in [6.07, 6.45) is 0. The second-order valence-corrected chi connectivity index (χ2v) is 2.63. The van der Waals surface area contributed by atoms with E-state index >= 15 is 0 Å². The van der Waals surface area contributed by atoms with E-state index in [0.717, 1.165) is 5.56 Å². The third-order valence-electron chi connectivity index (χ3n) is 1.66. The second kappa shape index (κ2) is 5.38. The minimum atomic E-state index is 0.546. The Morgan fingerprint density at radius 1 is 1.23 bits per heavy atom. The molecule has 2 heteroatoms. The molecule has 0 saturated heterocycles. The van der Waals surface area contributed by atoms with Crippen LogP contribution in [0.3, 0.4) is 0 Å². The van der Waals surface area contributed by atoms with Crippen LogP contribution in [0.15, 0.2) is 36.9 Å². The molecule has 2 nitrogen and oxygen atoms in total. The molecule has 0 atom stereocenters. The van der Waals surface area contributed by atoms with Gasteiger partial charge in [-0.3, -0.25) is 0 Å². The molecule has 0 bridgehead atoms. The zero-order valence-electron chi connectivity index (χ0n) is 7.82. The van der Waals surface area contributed by atoms with Crippen LogP contribution in [-0.2, 0) is 9.47 Å². The molecule has 0 fully saturated rings. The monoisotopic (exact) mass is 178 g/mol. The van der Waals surface area contributed by atoms with Crippen molar-refractivity contribution < 1.29 is 9.47 Å². The molecular formula is C11H14O2. The van der Waals surface area contributed by atoms with E-state index in [-0.39, 0.29) is 0 Å². The maximum Gasteiger partial charge on any atom is 0.119 e. The minimum Gasteiger partial charge on any atom is -0.491 e. The summed E-state index contributed by atoms with van der Waals surface area (Å²) < 4.78 is 10.2. The summed E-state index contributed by atoms with van der Waals surface area (Å²) >= 11 is 0. The van der Waals surface area contributed by atoms with Crippen LogP contribution >= 0.6 is 0 Å². The van der Waals surface area contributed by atoms with Gasteiger partial charge in [0.2, 0.25) is 0 Å². The molecule has 0 N–H and O–H groups in total. The topological polar surface area (TPSA) is 18.5 Å². The van der Waals surface area contributed by atoms with Gasteiger partial charge in [0, 0.05) is 12.7 Å². The summed E-state index contributed by atoms with van der Waals surface area (Å²) in [4.78, 5) is 0. The van der Waals surface area contributed by atoms with E-state index in [0.29, 0.717) is 19.0 Å². The first-order chi connectivity index (χ1) is 6.34. The van der Waals surface area contributed by atoms with E-state index in [4.69, 9.17) is 9.47 Å². The molecule has 0 unspecified atom stereocenters. The van der Waals surface area contributed by atoms with Crippen LogP contribution < -0.4 is 0 Å². The molecule has 0 aliphatic carbocycles. The SMILES string of the molecule is C=C(OCCOC)c1ccccc1. The molecule has 13 heavy (non-hydrogen) atoms. The lowest BCUT2D eigenvalue weighted by atomic mass is 10.2. The van der Waals surface area contributed by atoms with Gasteiger partial charge in [0.15, 0.2) is 0 Å². The lowest BCUT2D eigenvalue weighted by molar-refractivity contribution is 0.133. The first kappa shape index (κ1) is 9.81. The van der Waals surface area contributed by atoms with Crippen molar-refractivity contribution in [2.24, 2.45) is 0 Å². The minimum absolute atomic E-state index is 0.546. The standard InChI is InChI=1S/C11H14O2/c1-10(13-9-8-12-2)11-6-4-3-5-7-11/h3-7H,1,8-9H2,2H3. The maximum atomic E-state index is 5.35. The first-order valence-electron chi connectivity index (χ1n) is 4.20. The molecule has 1 rings (SSSR count). The Labute approximate surface area is 78.8 Å². The number of hydrogen-bond acceptors (Lipinski definition) is 2. The van der Waals surface area contributed by atoms with Gasteiger partial charge in [-0.15, -0.1) is 0 Å². The van der Waals surface area contributed by atoms with Crippen molar-refractivity contribution in [1.82, 2.24) is 0 Å². The summed E-state index contributed by atoms with van der Waals surface area (Å²) in [5.74, 6) is 0.692. The highest BCUT2D eigenvalue weighted by Gasteiger charge is 1.97. The van der Waals surface area contributed by atoms with Gasteiger partial charge in [0.25, 0.3) is 0 Å². The predicted molar refractivity (Wildman–Crippen MR) is 53.3 cm³/mol. The zero-order chi connectivity index (χ0) is 9.52. The fraction of sp³-hybridized carbons (Fsp3) is 0.273. The van der Waals surface area contributed by atoms with Crippen LogP contribution in [-0.4, -0.2) is 20.3 Å². The number of hydrogen-bond donors (Lipinski definition) is 0. The van der Waals surface area contributed by atoms with Crippen molar-refractivity contribution in [3.8, 4) is 0 Å². The molecule has 0 aliphatic heterocycles. The van der Waals surface area contributed by atoms with Crippen molar-refractivity contribution in [2.45, 2.75) is 0 Å². The molecule has 0 aromatic heterocycles. The van der Waals surface area contributed by atoms with Crippen LogP contribution in [0.25, 0.3) is 5.76 Å². The van der Waals surface area contributed by atoms with E-state index in [1.165, 1.54) is 0 Å². The summed E-state index contributed by atoms with van der Waals surface area (Å²) in [5.41, 5.74) is 1.01. The van der Waals surface area contributed by atoms with Crippen LogP contribution in [0.4, 0.5) is 0 Å². The number of methoxy groups -OCH3 is 1. The highest BCUT2D eigenvalue weighted by molar-refractivity contribution is 5.56. The van der Waals surface area contributed by atoms with Crippen LogP contribution in [0.1, 0.15) is 5.56 Å². The smallest absolute Gasteiger partial charge is 0.119 e. The number of ether oxygens (including phenoxy) is 2. The Morgan fingerprint density at radius 3 is 2.54 bits per heavy atom. The molecule has 1 aromatic rings. The molecule has 0 spiro atoms. The molecule has 0 amide bonds. The zero-order valence-corrected chi connectivity index (χ0v) is 7.82. The van der Waals surface area contributed by atoms with Crippen molar-refractivity contribution in [3.05, 3.63) is 42.5 Å². The summed E-state index contributed by atoms with van der Waals surface area (Å²) in [6.45, 7) is 4.95. The summed E-state index contributed by atoms with van der Waals surface area (Å²) in [5, 5.41) is 0. The molecule has 70 valence electrons. The summed E-state index contributed by atoms with van der Waals surface area (Å²) in [7, 11) is 1.65. The Balaban J connectivity index is 2.40. The van der Waals surface area contributed by atoms with Crippen LogP contribution in [0.5, 0.6) is 0 Å². The van der Waals surface area contributed by atoms with Crippen molar-refractivity contribution >= 4 is 5.76 Å². The van der Waals surface area contributed by atoms with Crippen molar-refractivity contribution in [1.29, 1.82) is 0 Å². The van der Waals surface area contributed by atoms with Gasteiger partial charge in [-0.2, -0.15) is 0 Å². The highest BCUT2D eigenvalue weighted by Crippen LogP contribution is 2.11. The van der Waals surface area contributed by atoms with Gasteiger partial charge in [0.1, 0.15) is 12.4 Å². The first-order valence-corrected chi connectivity index (χ1v) is 4.20. The van der Waals surface area contributed by atoms with Crippen LogP contribution in [0, 0.1) is 0 Å². The van der Waals surface area contributed by atoms with E-state index in [2.05, 4.69) is 6.58 Å². The van der Waals surface area contributed by atoms with E-state index in [9.17, 15) is 0 Å². The molecule has 1 aromatic carbocycles. The van der Waals surface area contributed by atoms with Gasteiger partial charge >= 0.3 is 0 Å². The van der Waals surface area contributed by atoms with Crippen molar-refractivity contribution in [2.75, 3.05) is 20.3 Å². The Kier molecular flexibility index (Phi) is 4.06. The Hall–Kier alpha value is -1.28. The van der Waals surface area contributed by atoms with Crippen molar-refractivity contribution in [3.63, 3.8) is 0 Å². The molecular weight excluding hydrogens is 164 g/mol. The molecule has 0 aliphatic rings. The van der Waals surface area contributed by atoms with Gasteiger partial charge < -0.3 is 9.47 Å². The Bertz CT molecular complexity index is 254. The van der Waals surface area contributed by atoms with Gasteiger partial charge in [-0.25, -0.2) is 0 Å². The van der Waals surface area contributed by atoms with E-state index in [1.54, 1.807) is 7.11 Å². The highest BCUT2D eigenvalue weighted by atomic mass is 16.5. The fourth-order valence-corrected chi connectivity index (χ4v) is 0.956. The molecule has 0 saturated carbocycles. The summed E-state index contributed by atoms with van der Waals surface area (Å²) in [6, 6.07) is 9.82. The Morgan fingerprint density at radius 2 is 1.92 bits per heavy atom. The number of benzene rings is 1. The van der Waals surface area contributed by atoms with Crippen LogP contribution in [0.2, 0.25) is 0 Å². The number of rotatable bonds is 5. The lowest BCUT2D eigenvalue weighted by Gasteiger charge is -2.07. The van der Waals surface area contributed by atoms with Gasteiger partial charge in [0.05, 0.1) is 6.61 Å². The van der Waals surface area contributed by atoms with Gasteiger partial charge in [-0.05, 0) is 0 Å². The second-order valence-electron chi connectivity index (χ2n) is 2.63. The third-order valence-corrected chi connectivity index (χ3v) is 1.66. The molecule has 0 radical (unpaired) electrons. The maximum absolute atomic E-state index is 5.35. The van der Waals surface area contributed by atoms with E-state index in [1.807, 2.05) is 30.3 Å². The van der Waals surface area contributed by atoms with Gasteiger partial charge in [-0.1, -0.05) is 36.9 Å². The third kappa shape index (κ3) is 3.30. The largest absolute Gasteiger partial charge is 0.491 e. The predicted octanol–water partition coefficient (Wildman–Crippen LogP) is 2.32. The normalized spacial score (nSPS) is 9.62. The average Bonchev–Trinajstić information content (AvgIpc) is 2.19. The van der Waals surface area contributed by atoms with E-state index < -0.39 is 0 Å². The average molecular weight is 178 g/mol.